The number of aliphatic hydroxyl groups excluding tert-OH is 1. The van der Waals surface area contributed by atoms with E-state index in [-0.39, 0.29) is 0 Å². The third-order valence-electron chi connectivity index (χ3n) is 1.08. The molecule has 0 fully saturated rings. The van der Waals surface area contributed by atoms with Gasteiger partial charge in [-0.25, -0.2) is 13.6 Å². The van der Waals surface area contributed by atoms with Crippen molar-refractivity contribution in [1.29, 1.82) is 0 Å². The summed E-state index contributed by atoms with van der Waals surface area (Å²) < 4.78 is 50.7. The second-order valence-electron chi connectivity index (χ2n) is 1.90. The molecule has 72 valence electrons. The molecule has 0 aromatic carbocycles. The van der Waals surface area contributed by atoms with Crippen molar-refractivity contribution >= 4 is 5.97 Å². The zero-order valence-electron chi connectivity index (χ0n) is 5.93. The number of hydrogen-bond acceptors (Lipinski definition) is 3. The average Bonchev–Trinajstić information content (AvgIpc) is 2.01. The number of rotatable bonds is 3. The molecule has 0 aromatic heterocycles. The van der Waals surface area contributed by atoms with Gasteiger partial charge in [-0.15, -0.1) is 0 Å². The number of hydrogen-bond donors (Lipinski definition) is 1. The van der Waals surface area contributed by atoms with Gasteiger partial charge in [0.05, 0.1) is 7.11 Å². The third-order valence-corrected chi connectivity index (χ3v) is 1.08. The molecular formula is C5H6F4O3. The van der Waals surface area contributed by atoms with Gasteiger partial charge in [0.25, 0.3) is 0 Å². The zero-order chi connectivity index (χ0) is 9.94. The Morgan fingerprint density at radius 1 is 1.50 bits per heavy atom. The van der Waals surface area contributed by atoms with Gasteiger partial charge in [0, 0.05) is 0 Å². The lowest BCUT2D eigenvalue weighted by molar-refractivity contribution is -0.207. The predicted molar refractivity (Wildman–Crippen MR) is 29.0 cm³/mol. The van der Waals surface area contributed by atoms with E-state index in [1.165, 1.54) is 0 Å². The van der Waals surface area contributed by atoms with Crippen LogP contribution in [0.3, 0.4) is 0 Å². The van der Waals surface area contributed by atoms with Crippen molar-refractivity contribution in [3.63, 3.8) is 0 Å². The number of aliphatic hydroxyl groups is 1. The van der Waals surface area contributed by atoms with Crippen molar-refractivity contribution in [2.45, 2.75) is 18.5 Å². The average molecular weight is 190 g/mol. The van der Waals surface area contributed by atoms with Crippen molar-refractivity contribution in [1.82, 2.24) is 0 Å². The molecule has 0 aliphatic carbocycles. The van der Waals surface area contributed by atoms with Crippen LogP contribution < -0.4 is 0 Å². The summed E-state index contributed by atoms with van der Waals surface area (Å²) >= 11 is 0. The fourth-order valence-electron chi connectivity index (χ4n) is 0.388. The number of carbonyl (C=O) groups is 1. The van der Waals surface area contributed by atoms with Crippen LogP contribution in [0.2, 0.25) is 0 Å². The van der Waals surface area contributed by atoms with Gasteiger partial charge in [-0.2, -0.15) is 8.78 Å². The van der Waals surface area contributed by atoms with Gasteiger partial charge in [0.1, 0.15) is 0 Å². The maximum absolute atomic E-state index is 12.1. The molecule has 1 atom stereocenters. The molecule has 0 heterocycles. The quantitative estimate of drug-likeness (QED) is 0.518. The summed E-state index contributed by atoms with van der Waals surface area (Å²) in [7, 11) is 0.701. The van der Waals surface area contributed by atoms with Crippen LogP contribution in [0.4, 0.5) is 17.6 Å². The molecule has 0 spiro atoms. The van der Waals surface area contributed by atoms with Gasteiger partial charge in [0.2, 0.25) is 6.10 Å². The van der Waals surface area contributed by atoms with Crippen LogP contribution in [0.25, 0.3) is 0 Å². The number of esters is 1. The maximum atomic E-state index is 12.1. The Balaban J connectivity index is 4.45. The lowest BCUT2D eigenvalue weighted by Crippen LogP contribution is -2.45. The first-order valence-electron chi connectivity index (χ1n) is 2.76. The minimum absolute atomic E-state index is 0.701. The van der Waals surface area contributed by atoms with E-state index in [1.807, 2.05) is 0 Å². The number of carbonyl (C=O) groups excluding carboxylic acids is 1. The van der Waals surface area contributed by atoms with E-state index in [1.54, 1.807) is 0 Å². The number of ether oxygens (including phenoxy) is 1. The summed E-state index contributed by atoms with van der Waals surface area (Å²) in [5, 5.41) is 8.31. The largest absolute Gasteiger partial charge is 0.467 e. The van der Waals surface area contributed by atoms with E-state index >= 15 is 0 Å². The topological polar surface area (TPSA) is 46.5 Å². The number of halogens is 4. The molecule has 0 aromatic rings. The molecule has 12 heavy (non-hydrogen) atoms. The normalized spacial score (nSPS) is 14.6. The van der Waals surface area contributed by atoms with E-state index in [2.05, 4.69) is 4.74 Å². The van der Waals surface area contributed by atoms with Crippen molar-refractivity contribution in [3.8, 4) is 0 Å². The lowest BCUT2D eigenvalue weighted by Gasteiger charge is -2.18. The molecule has 0 aliphatic heterocycles. The highest BCUT2D eigenvalue weighted by Crippen LogP contribution is 2.27. The minimum Gasteiger partial charge on any atom is -0.467 e. The molecular weight excluding hydrogens is 184 g/mol. The van der Waals surface area contributed by atoms with E-state index in [9.17, 15) is 22.4 Å². The molecule has 0 saturated heterocycles. The molecule has 0 bridgehead atoms. The van der Waals surface area contributed by atoms with Gasteiger partial charge in [-0.3, -0.25) is 0 Å². The first-order chi connectivity index (χ1) is 5.34. The summed E-state index contributed by atoms with van der Waals surface area (Å²) in [6.07, 6.45) is -7.23. The Bertz CT molecular complexity index is 170. The maximum Gasteiger partial charge on any atom is 0.343 e. The summed E-state index contributed by atoms with van der Waals surface area (Å²) in [5.74, 6) is -6.56. The molecule has 1 unspecified atom stereocenters. The molecule has 0 saturated carbocycles. The molecule has 7 heteroatoms. The molecule has 1 N–H and O–H groups in total. The van der Waals surface area contributed by atoms with Gasteiger partial charge in [0.15, 0.2) is 0 Å². The molecule has 0 amide bonds. The summed E-state index contributed by atoms with van der Waals surface area (Å²) in [5.41, 5.74) is 0. The highest BCUT2D eigenvalue weighted by Gasteiger charge is 2.52. The van der Waals surface area contributed by atoms with Crippen molar-refractivity contribution < 1.29 is 32.2 Å². The van der Waals surface area contributed by atoms with Crippen LogP contribution in [0.1, 0.15) is 0 Å². The van der Waals surface area contributed by atoms with Crippen LogP contribution in [0, 0.1) is 0 Å². The van der Waals surface area contributed by atoms with Crippen LogP contribution in [0.5, 0.6) is 0 Å². The van der Waals surface area contributed by atoms with Gasteiger partial charge >= 0.3 is 18.3 Å². The van der Waals surface area contributed by atoms with Gasteiger partial charge < -0.3 is 9.84 Å². The van der Waals surface area contributed by atoms with E-state index in [0.717, 1.165) is 0 Å². The molecule has 0 radical (unpaired) electrons. The van der Waals surface area contributed by atoms with E-state index in [0.29, 0.717) is 7.11 Å². The van der Waals surface area contributed by atoms with Crippen molar-refractivity contribution in [3.05, 3.63) is 0 Å². The second kappa shape index (κ2) is 3.70. The Hall–Kier alpha value is -0.850. The lowest BCUT2D eigenvalue weighted by atomic mass is 10.2. The van der Waals surface area contributed by atoms with Crippen LogP contribution >= 0.6 is 0 Å². The Morgan fingerprint density at radius 2 is 1.92 bits per heavy atom. The number of methoxy groups -OCH3 is 1. The first-order valence-corrected chi connectivity index (χ1v) is 2.76. The standard InChI is InChI=1S/C5H6F4O3/c1-12-3(11)2(10)5(8,9)4(6)7/h2,4,10H,1H3. The molecule has 0 rings (SSSR count). The number of alkyl halides is 4. The summed E-state index contributed by atoms with van der Waals surface area (Å²) in [6, 6.07) is 0. The summed E-state index contributed by atoms with van der Waals surface area (Å²) in [6.45, 7) is 0. The minimum atomic E-state index is -4.77. The third kappa shape index (κ3) is 2.07. The van der Waals surface area contributed by atoms with Crippen molar-refractivity contribution in [2.75, 3.05) is 7.11 Å². The highest BCUT2D eigenvalue weighted by atomic mass is 19.3. The van der Waals surface area contributed by atoms with Gasteiger partial charge in [-0.05, 0) is 0 Å². The van der Waals surface area contributed by atoms with E-state index in [4.69, 9.17) is 5.11 Å². The Morgan fingerprint density at radius 3 is 2.17 bits per heavy atom. The van der Waals surface area contributed by atoms with Crippen LogP contribution in [0.15, 0.2) is 0 Å². The SMILES string of the molecule is COC(=O)C(O)C(F)(F)C(F)F. The predicted octanol–water partition coefficient (Wildman–Crippen LogP) is 0.421. The van der Waals surface area contributed by atoms with Crippen LogP contribution in [-0.4, -0.2) is 36.6 Å². The Kier molecular flexibility index (Phi) is 3.44. The fraction of sp³-hybridized carbons (Fsp3) is 0.800. The Labute approximate surface area is 64.9 Å². The fourth-order valence-corrected chi connectivity index (χ4v) is 0.388. The van der Waals surface area contributed by atoms with E-state index < -0.39 is 24.4 Å². The van der Waals surface area contributed by atoms with Crippen molar-refractivity contribution in [2.24, 2.45) is 0 Å². The summed E-state index contributed by atoms with van der Waals surface area (Å²) in [4.78, 5) is 10.2. The van der Waals surface area contributed by atoms with Gasteiger partial charge in [-0.1, -0.05) is 0 Å². The highest BCUT2D eigenvalue weighted by molar-refractivity contribution is 5.75. The first kappa shape index (κ1) is 11.2. The smallest absolute Gasteiger partial charge is 0.343 e. The zero-order valence-corrected chi connectivity index (χ0v) is 5.93. The second-order valence-corrected chi connectivity index (χ2v) is 1.90. The molecule has 3 nitrogen and oxygen atoms in total. The van der Waals surface area contributed by atoms with Crippen LogP contribution in [-0.2, 0) is 9.53 Å². The monoisotopic (exact) mass is 190 g/mol. The molecule has 0 aliphatic rings.